The van der Waals surface area contributed by atoms with Gasteiger partial charge < -0.3 is 15.5 Å². The summed E-state index contributed by atoms with van der Waals surface area (Å²) in [5.41, 5.74) is -0.0525. The molecule has 0 bridgehead atoms. The summed E-state index contributed by atoms with van der Waals surface area (Å²) >= 11 is 5.79. The Hall–Kier alpha value is -1.37. The van der Waals surface area contributed by atoms with Crippen molar-refractivity contribution < 1.29 is 15.1 Å². The van der Waals surface area contributed by atoms with Crippen molar-refractivity contribution in [2.24, 2.45) is 5.92 Å². The van der Waals surface area contributed by atoms with Crippen molar-refractivity contribution in [3.63, 3.8) is 0 Å². The highest BCUT2D eigenvalue weighted by atomic mass is 35.5. The normalized spacial score (nSPS) is 14.1. The van der Waals surface area contributed by atoms with Crippen LogP contribution in [0.15, 0.2) is 12.1 Å². The third-order valence-corrected chi connectivity index (χ3v) is 3.30. The molecule has 0 aromatic heterocycles. The minimum absolute atomic E-state index is 0.00226. The molecule has 1 aromatic carbocycles. The molecular formula is C12H17ClN2O4. The van der Waals surface area contributed by atoms with Gasteiger partial charge in [-0.15, -0.1) is 0 Å². The maximum atomic E-state index is 10.8. The largest absolute Gasteiger partial charge is 0.502 e. The lowest BCUT2D eigenvalue weighted by Crippen LogP contribution is -2.33. The van der Waals surface area contributed by atoms with Crippen molar-refractivity contribution >= 4 is 17.3 Å². The van der Waals surface area contributed by atoms with Gasteiger partial charge in [0.1, 0.15) is 0 Å². The molecule has 0 fully saturated rings. The Morgan fingerprint density at radius 1 is 1.47 bits per heavy atom. The molecule has 2 atom stereocenters. The van der Waals surface area contributed by atoms with E-state index in [1.54, 1.807) is 0 Å². The fourth-order valence-electron chi connectivity index (χ4n) is 1.54. The number of phenols is 1. The SMILES string of the molecule is CC(CO)C(C)NCc1cc(Cl)cc([N+](=O)[O-])c1O. The lowest BCUT2D eigenvalue weighted by molar-refractivity contribution is -0.385. The third kappa shape index (κ3) is 4.05. The van der Waals surface area contributed by atoms with Gasteiger partial charge in [-0.25, -0.2) is 0 Å². The molecule has 0 heterocycles. The Kier molecular flexibility index (Phi) is 5.53. The molecular weight excluding hydrogens is 272 g/mol. The number of halogens is 1. The zero-order valence-electron chi connectivity index (χ0n) is 10.8. The van der Waals surface area contributed by atoms with Crippen LogP contribution in [-0.2, 0) is 6.54 Å². The van der Waals surface area contributed by atoms with Gasteiger partial charge in [-0.1, -0.05) is 18.5 Å². The molecule has 0 amide bonds. The monoisotopic (exact) mass is 288 g/mol. The highest BCUT2D eigenvalue weighted by Gasteiger charge is 2.19. The Balaban J connectivity index is 2.87. The first-order valence-corrected chi connectivity index (χ1v) is 6.24. The van der Waals surface area contributed by atoms with Crippen LogP contribution in [0.4, 0.5) is 5.69 Å². The van der Waals surface area contributed by atoms with Crippen LogP contribution < -0.4 is 5.32 Å². The first-order chi connectivity index (χ1) is 8.86. The molecule has 0 aliphatic rings. The van der Waals surface area contributed by atoms with Crippen LogP contribution in [-0.4, -0.2) is 27.8 Å². The highest BCUT2D eigenvalue weighted by molar-refractivity contribution is 6.31. The number of aromatic hydroxyl groups is 1. The number of hydrogen-bond donors (Lipinski definition) is 3. The maximum Gasteiger partial charge on any atom is 0.312 e. The van der Waals surface area contributed by atoms with Gasteiger partial charge >= 0.3 is 5.69 Å². The van der Waals surface area contributed by atoms with Gasteiger partial charge in [0.2, 0.25) is 0 Å². The number of phenolic OH excluding ortho intramolecular Hbond substituents is 1. The van der Waals surface area contributed by atoms with Gasteiger partial charge in [0.15, 0.2) is 5.75 Å². The maximum absolute atomic E-state index is 10.8. The number of nitrogens with one attached hydrogen (secondary N) is 1. The summed E-state index contributed by atoms with van der Waals surface area (Å²) in [6.07, 6.45) is 0. The van der Waals surface area contributed by atoms with E-state index in [1.165, 1.54) is 6.07 Å². The Morgan fingerprint density at radius 3 is 2.63 bits per heavy atom. The van der Waals surface area contributed by atoms with Gasteiger partial charge in [0.05, 0.1) is 4.92 Å². The van der Waals surface area contributed by atoms with Crippen molar-refractivity contribution in [2.45, 2.75) is 26.4 Å². The van der Waals surface area contributed by atoms with E-state index in [-0.39, 0.29) is 35.9 Å². The van der Waals surface area contributed by atoms with Gasteiger partial charge in [0.25, 0.3) is 0 Å². The third-order valence-electron chi connectivity index (χ3n) is 3.09. The first-order valence-electron chi connectivity index (χ1n) is 5.86. The predicted molar refractivity (Wildman–Crippen MR) is 72.3 cm³/mol. The standard InChI is InChI=1S/C12H17ClN2O4/c1-7(6-16)8(2)14-5-9-3-10(13)4-11(12(9)17)15(18)19/h3-4,7-8,14,16-17H,5-6H2,1-2H3. The van der Waals surface area contributed by atoms with Crippen LogP contribution >= 0.6 is 11.6 Å². The lowest BCUT2D eigenvalue weighted by Gasteiger charge is -2.19. The number of nitro benzene ring substituents is 1. The topological polar surface area (TPSA) is 95.6 Å². The fraction of sp³-hybridized carbons (Fsp3) is 0.500. The molecule has 19 heavy (non-hydrogen) atoms. The number of aliphatic hydroxyl groups is 1. The second-order valence-electron chi connectivity index (χ2n) is 4.52. The molecule has 6 nitrogen and oxygen atoms in total. The van der Waals surface area contributed by atoms with Crippen LogP contribution in [0, 0.1) is 16.0 Å². The quantitative estimate of drug-likeness (QED) is 0.550. The van der Waals surface area contributed by atoms with Crippen molar-refractivity contribution in [3.05, 3.63) is 32.8 Å². The number of nitrogens with zero attached hydrogens (tertiary/aromatic N) is 1. The zero-order chi connectivity index (χ0) is 14.6. The minimum atomic E-state index is -0.676. The van der Waals surface area contributed by atoms with Crippen LogP contribution in [0.1, 0.15) is 19.4 Å². The molecule has 0 aliphatic carbocycles. The van der Waals surface area contributed by atoms with Crippen LogP contribution in [0.3, 0.4) is 0 Å². The molecule has 2 unspecified atom stereocenters. The zero-order valence-corrected chi connectivity index (χ0v) is 11.5. The van der Waals surface area contributed by atoms with Gasteiger partial charge in [-0.3, -0.25) is 10.1 Å². The van der Waals surface area contributed by atoms with Crippen LogP contribution in [0.2, 0.25) is 5.02 Å². The first kappa shape index (κ1) is 15.7. The molecule has 7 heteroatoms. The van der Waals surface area contributed by atoms with E-state index in [4.69, 9.17) is 16.7 Å². The summed E-state index contributed by atoms with van der Waals surface area (Å²) in [7, 11) is 0. The Morgan fingerprint density at radius 2 is 2.11 bits per heavy atom. The summed E-state index contributed by atoms with van der Waals surface area (Å²) in [5.74, 6) is -0.345. The number of nitro groups is 1. The smallest absolute Gasteiger partial charge is 0.312 e. The number of hydrogen-bond acceptors (Lipinski definition) is 5. The minimum Gasteiger partial charge on any atom is -0.502 e. The van der Waals surface area contributed by atoms with E-state index >= 15 is 0 Å². The number of rotatable bonds is 6. The van der Waals surface area contributed by atoms with Crippen LogP contribution in [0.5, 0.6) is 5.75 Å². The average molecular weight is 289 g/mol. The van der Waals surface area contributed by atoms with Gasteiger partial charge in [0, 0.05) is 35.8 Å². The second kappa shape index (κ2) is 6.70. The summed E-state index contributed by atoms with van der Waals surface area (Å²) < 4.78 is 0. The van der Waals surface area contributed by atoms with E-state index in [1.807, 2.05) is 13.8 Å². The van der Waals surface area contributed by atoms with Gasteiger partial charge in [-0.2, -0.15) is 0 Å². The van der Waals surface area contributed by atoms with E-state index in [0.29, 0.717) is 5.56 Å². The number of aliphatic hydroxyl groups excluding tert-OH is 1. The van der Waals surface area contributed by atoms with Crippen molar-refractivity contribution in [1.82, 2.24) is 5.32 Å². The molecule has 0 spiro atoms. The molecule has 0 saturated heterocycles. The predicted octanol–water partition coefficient (Wildman–Crippen LogP) is 2.06. The van der Waals surface area contributed by atoms with Gasteiger partial charge in [-0.05, 0) is 18.9 Å². The van der Waals surface area contributed by atoms with Crippen molar-refractivity contribution in [2.75, 3.05) is 6.61 Å². The molecule has 0 aliphatic heterocycles. The molecule has 3 N–H and O–H groups in total. The summed E-state index contributed by atoms with van der Waals surface area (Å²) in [5, 5.41) is 32.9. The molecule has 106 valence electrons. The molecule has 0 saturated carbocycles. The van der Waals surface area contributed by atoms with E-state index < -0.39 is 10.6 Å². The fourth-order valence-corrected chi connectivity index (χ4v) is 1.78. The highest BCUT2D eigenvalue weighted by Crippen LogP contribution is 2.33. The van der Waals surface area contributed by atoms with Crippen LogP contribution in [0.25, 0.3) is 0 Å². The summed E-state index contributed by atoms with van der Waals surface area (Å²) in [4.78, 5) is 10.1. The molecule has 1 aromatic rings. The van der Waals surface area contributed by atoms with E-state index in [2.05, 4.69) is 5.32 Å². The van der Waals surface area contributed by atoms with E-state index in [0.717, 1.165) is 6.07 Å². The summed E-state index contributed by atoms with van der Waals surface area (Å²) in [6.45, 7) is 4.03. The Bertz CT molecular complexity index is 467. The summed E-state index contributed by atoms with van der Waals surface area (Å²) in [6, 6.07) is 2.59. The average Bonchev–Trinajstić information content (AvgIpc) is 2.37. The Labute approximate surface area is 116 Å². The van der Waals surface area contributed by atoms with Crippen molar-refractivity contribution in [1.29, 1.82) is 0 Å². The molecule has 1 rings (SSSR count). The molecule has 0 radical (unpaired) electrons. The van der Waals surface area contributed by atoms with Crippen molar-refractivity contribution in [3.8, 4) is 5.75 Å². The lowest BCUT2D eigenvalue weighted by atomic mass is 10.0. The number of benzene rings is 1. The van der Waals surface area contributed by atoms with E-state index in [9.17, 15) is 15.2 Å². The second-order valence-corrected chi connectivity index (χ2v) is 4.96.